The zero-order chi connectivity index (χ0) is 18.6. The molecule has 0 bridgehead atoms. The molecule has 3 rings (SSSR count). The molecule has 0 amide bonds. The van der Waals surface area contributed by atoms with Crippen LogP contribution in [0.15, 0.2) is 53.4 Å². The number of rotatable bonds is 5. The molecule has 0 radical (unpaired) electrons. The number of sulfonamides is 1. The maximum atomic E-state index is 13.7. The minimum atomic E-state index is -3.68. The van der Waals surface area contributed by atoms with Gasteiger partial charge >= 0.3 is 0 Å². The van der Waals surface area contributed by atoms with E-state index in [9.17, 15) is 12.8 Å². The van der Waals surface area contributed by atoms with Gasteiger partial charge in [-0.05, 0) is 30.2 Å². The van der Waals surface area contributed by atoms with Crippen LogP contribution in [-0.2, 0) is 16.4 Å². The van der Waals surface area contributed by atoms with E-state index in [0.29, 0.717) is 44.7 Å². The van der Waals surface area contributed by atoms with Crippen LogP contribution in [0.2, 0.25) is 0 Å². The third-order valence-corrected chi connectivity index (χ3v) is 6.57. The normalized spacial score (nSPS) is 16.3. The summed E-state index contributed by atoms with van der Waals surface area (Å²) in [5, 5.41) is 9.15. The minimum absolute atomic E-state index is 0.0577. The van der Waals surface area contributed by atoms with Crippen LogP contribution in [0.4, 0.5) is 4.39 Å². The van der Waals surface area contributed by atoms with Gasteiger partial charge in [-0.25, -0.2) is 12.8 Å². The third kappa shape index (κ3) is 3.93. The van der Waals surface area contributed by atoms with Crippen molar-refractivity contribution >= 4 is 10.0 Å². The average molecular weight is 373 g/mol. The van der Waals surface area contributed by atoms with Gasteiger partial charge in [-0.3, -0.25) is 0 Å². The highest BCUT2D eigenvalue weighted by atomic mass is 32.2. The summed E-state index contributed by atoms with van der Waals surface area (Å²) < 4.78 is 40.7. The van der Waals surface area contributed by atoms with Gasteiger partial charge in [0.1, 0.15) is 11.9 Å². The summed E-state index contributed by atoms with van der Waals surface area (Å²) >= 11 is 0. The van der Waals surface area contributed by atoms with Gasteiger partial charge in [0.2, 0.25) is 10.0 Å². The monoisotopic (exact) mass is 373 g/mol. The van der Waals surface area contributed by atoms with Crippen molar-refractivity contribution in [2.24, 2.45) is 0 Å². The van der Waals surface area contributed by atoms with Crippen LogP contribution >= 0.6 is 0 Å². The van der Waals surface area contributed by atoms with E-state index in [-0.39, 0.29) is 16.3 Å². The van der Waals surface area contributed by atoms with Gasteiger partial charge < -0.3 is 4.90 Å². The smallest absolute Gasteiger partial charge is 0.244 e. The van der Waals surface area contributed by atoms with E-state index in [1.807, 2.05) is 12.1 Å². The lowest BCUT2D eigenvalue weighted by atomic mass is 10.1. The number of piperazine rings is 1. The number of nitriles is 1. The fourth-order valence-corrected chi connectivity index (χ4v) is 4.66. The number of benzene rings is 2. The Kier molecular flexibility index (Phi) is 5.67. The maximum absolute atomic E-state index is 13.7. The summed E-state index contributed by atoms with van der Waals surface area (Å²) in [6, 6.07) is 14.9. The van der Waals surface area contributed by atoms with Gasteiger partial charge in [0.25, 0.3) is 0 Å². The van der Waals surface area contributed by atoms with E-state index >= 15 is 0 Å². The molecule has 1 saturated heterocycles. The van der Waals surface area contributed by atoms with Crippen molar-refractivity contribution < 1.29 is 12.8 Å². The molecule has 0 spiro atoms. The lowest BCUT2D eigenvalue weighted by Gasteiger charge is -2.34. The van der Waals surface area contributed by atoms with Crippen LogP contribution in [0.1, 0.15) is 11.1 Å². The standard InChI is InChI=1S/C19H20FN3O2S/c20-18-7-3-1-5-16(18)9-10-22-11-13-23(14-12-22)26(24,25)19-8-4-2-6-17(19)15-21/h1-8H,9-14H2. The Morgan fingerprint density at radius 2 is 1.65 bits per heavy atom. The molecular formula is C19H20FN3O2S. The fraction of sp³-hybridized carbons (Fsp3) is 0.316. The molecular weight excluding hydrogens is 353 g/mol. The van der Waals surface area contributed by atoms with Crippen molar-refractivity contribution in [3.8, 4) is 6.07 Å². The Bertz CT molecular complexity index is 916. The van der Waals surface area contributed by atoms with Gasteiger partial charge in [0, 0.05) is 32.7 Å². The molecule has 26 heavy (non-hydrogen) atoms. The largest absolute Gasteiger partial charge is 0.300 e. The topological polar surface area (TPSA) is 64.4 Å². The second-order valence-corrected chi connectivity index (χ2v) is 8.10. The van der Waals surface area contributed by atoms with Crippen molar-refractivity contribution in [2.45, 2.75) is 11.3 Å². The molecule has 1 aliphatic rings. The molecule has 1 heterocycles. The molecule has 0 atom stereocenters. The first-order valence-electron chi connectivity index (χ1n) is 8.47. The van der Waals surface area contributed by atoms with Gasteiger partial charge in [-0.15, -0.1) is 0 Å². The number of nitrogens with zero attached hydrogens (tertiary/aromatic N) is 3. The number of halogens is 1. The fourth-order valence-electron chi connectivity index (χ4n) is 3.10. The molecule has 0 saturated carbocycles. The molecule has 2 aromatic rings. The number of hydrogen-bond acceptors (Lipinski definition) is 4. The number of hydrogen-bond donors (Lipinski definition) is 0. The quantitative estimate of drug-likeness (QED) is 0.806. The summed E-state index contributed by atoms with van der Waals surface area (Å²) in [7, 11) is -3.68. The molecule has 136 valence electrons. The summed E-state index contributed by atoms with van der Waals surface area (Å²) in [6.45, 7) is 2.58. The molecule has 0 aromatic heterocycles. The van der Waals surface area contributed by atoms with E-state index in [1.165, 1.54) is 22.5 Å². The van der Waals surface area contributed by atoms with E-state index in [4.69, 9.17) is 5.26 Å². The molecule has 1 aliphatic heterocycles. The minimum Gasteiger partial charge on any atom is -0.300 e. The van der Waals surface area contributed by atoms with Gasteiger partial charge in [-0.1, -0.05) is 30.3 Å². The Hall–Kier alpha value is -2.27. The SMILES string of the molecule is N#Cc1ccccc1S(=O)(=O)N1CCN(CCc2ccccc2F)CC1. The van der Waals surface area contributed by atoms with Crippen LogP contribution < -0.4 is 0 Å². The lowest BCUT2D eigenvalue weighted by Crippen LogP contribution is -2.49. The Morgan fingerprint density at radius 3 is 2.35 bits per heavy atom. The highest BCUT2D eigenvalue weighted by Gasteiger charge is 2.30. The molecule has 5 nitrogen and oxygen atoms in total. The highest BCUT2D eigenvalue weighted by Crippen LogP contribution is 2.21. The van der Waals surface area contributed by atoms with Gasteiger partial charge in [0.05, 0.1) is 10.5 Å². The second-order valence-electron chi connectivity index (χ2n) is 6.20. The Labute approximate surface area is 153 Å². The molecule has 2 aromatic carbocycles. The van der Waals surface area contributed by atoms with Crippen LogP contribution in [0, 0.1) is 17.1 Å². The third-order valence-electron chi connectivity index (χ3n) is 4.61. The average Bonchev–Trinajstić information content (AvgIpc) is 2.67. The molecule has 7 heteroatoms. The first-order chi connectivity index (χ1) is 12.5. The van der Waals surface area contributed by atoms with Crippen molar-refractivity contribution in [1.29, 1.82) is 5.26 Å². The van der Waals surface area contributed by atoms with E-state index in [1.54, 1.807) is 24.3 Å². The predicted molar refractivity (Wildman–Crippen MR) is 96.5 cm³/mol. The predicted octanol–water partition coefficient (Wildman–Crippen LogP) is 2.25. The van der Waals surface area contributed by atoms with Crippen LogP contribution in [0.25, 0.3) is 0 Å². The molecule has 0 aliphatic carbocycles. The Morgan fingerprint density at radius 1 is 1.00 bits per heavy atom. The van der Waals surface area contributed by atoms with E-state index < -0.39 is 10.0 Å². The summed E-state index contributed by atoms with van der Waals surface area (Å²) in [6.07, 6.45) is 0.594. The highest BCUT2D eigenvalue weighted by molar-refractivity contribution is 7.89. The van der Waals surface area contributed by atoms with Crippen molar-refractivity contribution in [3.63, 3.8) is 0 Å². The van der Waals surface area contributed by atoms with Crippen molar-refractivity contribution in [2.75, 3.05) is 32.7 Å². The second kappa shape index (κ2) is 7.96. The van der Waals surface area contributed by atoms with Gasteiger partial charge in [-0.2, -0.15) is 9.57 Å². The molecule has 1 fully saturated rings. The maximum Gasteiger partial charge on any atom is 0.244 e. The van der Waals surface area contributed by atoms with Crippen molar-refractivity contribution in [3.05, 3.63) is 65.5 Å². The van der Waals surface area contributed by atoms with E-state index in [0.717, 1.165) is 0 Å². The zero-order valence-corrected chi connectivity index (χ0v) is 15.1. The van der Waals surface area contributed by atoms with Crippen LogP contribution in [0.5, 0.6) is 0 Å². The van der Waals surface area contributed by atoms with Crippen LogP contribution in [0.3, 0.4) is 0 Å². The van der Waals surface area contributed by atoms with E-state index in [2.05, 4.69) is 4.90 Å². The molecule has 0 N–H and O–H groups in total. The summed E-state index contributed by atoms with van der Waals surface area (Å²) in [4.78, 5) is 2.19. The van der Waals surface area contributed by atoms with Crippen molar-refractivity contribution in [1.82, 2.24) is 9.21 Å². The van der Waals surface area contributed by atoms with Gasteiger partial charge in [0.15, 0.2) is 0 Å². The van der Waals surface area contributed by atoms with Crippen LogP contribution in [-0.4, -0.2) is 50.3 Å². The lowest BCUT2D eigenvalue weighted by molar-refractivity contribution is 0.190. The molecule has 0 unspecified atom stereocenters. The first-order valence-corrected chi connectivity index (χ1v) is 9.91. The summed E-state index contributed by atoms with van der Waals surface area (Å²) in [5.41, 5.74) is 0.833. The zero-order valence-electron chi connectivity index (χ0n) is 14.3. The summed E-state index contributed by atoms with van der Waals surface area (Å²) in [5.74, 6) is -0.207. The first kappa shape index (κ1) is 18.5. The Balaban J connectivity index is 1.61.